The highest BCUT2D eigenvalue weighted by molar-refractivity contribution is 5.42. The molecule has 1 atom stereocenters. The molecule has 1 aliphatic rings. The maximum absolute atomic E-state index is 9.08. The van der Waals surface area contributed by atoms with Gasteiger partial charge in [-0.05, 0) is 12.1 Å². The van der Waals surface area contributed by atoms with Crippen molar-refractivity contribution in [2.45, 2.75) is 12.6 Å². The van der Waals surface area contributed by atoms with Gasteiger partial charge in [0, 0.05) is 38.6 Å². The van der Waals surface area contributed by atoms with Crippen LogP contribution in [0.4, 0.5) is 5.69 Å². The highest BCUT2D eigenvalue weighted by Crippen LogP contribution is 2.12. The SMILES string of the molecule is CNc1ccnc(CN2CCOC(CO)C2)c1. The lowest BCUT2D eigenvalue weighted by molar-refractivity contribution is -0.0553. The molecule has 2 rings (SSSR count). The molecule has 5 heteroatoms. The molecule has 0 spiro atoms. The summed E-state index contributed by atoms with van der Waals surface area (Å²) in [7, 11) is 1.90. The van der Waals surface area contributed by atoms with Crippen LogP contribution in [0.2, 0.25) is 0 Å². The van der Waals surface area contributed by atoms with Gasteiger partial charge in [-0.3, -0.25) is 9.88 Å². The number of rotatable bonds is 4. The van der Waals surface area contributed by atoms with Crippen molar-refractivity contribution in [1.29, 1.82) is 0 Å². The molecule has 1 unspecified atom stereocenters. The van der Waals surface area contributed by atoms with E-state index in [4.69, 9.17) is 9.84 Å². The first-order valence-corrected chi connectivity index (χ1v) is 5.89. The van der Waals surface area contributed by atoms with E-state index in [0.29, 0.717) is 6.61 Å². The third-order valence-electron chi connectivity index (χ3n) is 2.92. The van der Waals surface area contributed by atoms with Crippen molar-refractivity contribution in [1.82, 2.24) is 9.88 Å². The molecule has 2 heterocycles. The minimum absolute atomic E-state index is 0.0590. The molecule has 17 heavy (non-hydrogen) atoms. The van der Waals surface area contributed by atoms with Crippen LogP contribution in [0.3, 0.4) is 0 Å². The Morgan fingerprint density at radius 1 is 1.65 bits per heavy atom. The fourth-order valence-electron chi connectivity index (χ4n) is 1.98. The van der Waals surface area contributed by atoms with Crippen molar-refractivity contribution in [3.8, 4) is 0 Å². The van der Waals surface area contributed by atoms with Gasteiger partial charge in [-0.25, -0.2) is 0 Å². The Kier molecular flexibility index (Phi) is 4.30. The minimum Gasteiger partial charge on any atom is -0.394 e. The Morgan fingerprint density at radius 3 is 3.29 bits per heavy atom. The van der Waals surface area contributed by atoms with Crippen LogP contribution in [0, 0.1) is 0 Å². The zero-order valence-electron chi connectivity index (χ0n) is 10.1. The quantitative estimate of drug-likeness (QED) is 0.789. The van der Waals surface area contributed by atoms with E-state index < -0.39 is 0 Å². The standard InChI is InChI=1S/C12H19N3O2/c1-13-10-2-3-14-11(6-10)7-15-4-5-17-12(8-15)9-16/h2-3,6,12,16H,4-5,7-9H2,1H3,(H,13,14). The second-order valence-electron chi connectivity index (χ2n) is 4.20. The van der Waals surface area contributed by atoms with E-state index in [1.54, 1.807) is 0 Å². The Balaban J connectivity index is 1.95. The molecule has 2 N–H and O–H groups in total. The minimum atomic E-state index is -0.0590. The fraction of sp³-hybridized carbons (Fsp3) is 0.583. The number of nitrogens with zero attached hydrogens (tertiary/aromatic N) is 2. The first-order valence-electron chi connectivity index (χ1n) is 5.89. The number of nitrogens with one attached hydrogen (secondary N) is 1. The van der Waals surface area contributed by atoms with E-state index in [-0.39, 0.29) is 12.7 Å². The molecule has 1 saturated heterocycles. The molecule has 1 aromatic heterocycles. The van der Waals surface area contributed by atoms with Crippen LogP contribution in [0.15, 0.2) is 18.3 Å². The molecule has 1 aromatic rings. The predicted octanol–water partition coefficient (Wildman–Crippen LogP) is 0.316. The van der Waals surface area contributed by atoms with Crippen molar-refractivity contribution in [3.05, 3.63) is 24.0 Å². The number of anilines is 1. The van der Waals surface area contributed by atoms with E-state index in [2.05, 4.69) is 15.2 Å². The van der Waals surface area contributed by atoms with Crippen molar-refractivity contribution in [2.24, 2.45) is 0 Å². The third kappa shape index (κ3) is 3.39. The summed E-state index contributed by atoms with van der Waals surface area (Å²) in [5.74, 6) is 0. The number of aromatic nitrogens is 1. The molecule has 0 bridgehead atoms. The van der Waals surface area contributed by atoms with E-state index in [1.807, 2.05) is 25.4 Å². The van der Waals surface area contributed by atoms with Crippen LogP contribution in [0.1, 0.15) is 5.69 Å². The largest absolute Gasteiger partial charge is 0.394 e. The summed E-state index contributed by atoms with van der Waals surface area (Å²) in [5, 5.41) is 12.2. The van der Waals surface area contributed by atoms with E-state index in [0.717, 1.165) is 31.0 Å². The van der Waals surface area contributed by atoms with Crippen LogP contribution in [-0.2, 0) is 11.3 Å². The number of hydrogen-bond donors (Lipinski definition) is 2. The fourth-order valence-corrected chi connectivity index (χ4v) is 1.98. The van der Waals surface area contributed by atoms with Crippen LogP contribution >= 0.6 is 0 Å². The van der Waals surface area contributed by atoms with Gasteiger partial charge in [0.1, 0.15) is 0 Å². The number of aliphatic hydroxyl groups is 1. The van der Waals surface area contributed by atoms with Crippen molar-refractivity contribution in [3.63, 3.8) is 0 Å². The summed E-state index contributed by atoms with van der Waals surface area (Å²) in [5.41, 5.74) is 2.11. The number of morpholine rings is 1. The average molecular weight is 237 g/mol. The molecule has 0 saturated carbocycles. The highest BCUT2D eigenvalue weighted by atomic mass is 16.5. The van der Waals surface area contributed by atoms with Crippen molar-refractivity contribution >= 4 is 5.69 Å². The lowest BCUT2D eigenvalue weighted by Gasteiger charge is -2.31. The first-order chi connectivity index (χ1) is 8.31. The maximum atomic E-state index is 9.08. The first kappa shape index (κ1) is 12.3. The lowest BCUT2D eigenvalue weighted by Crippen LogP contribution is -2.43. The number of ether oxygens (including phenoxy) is 1. The molecule has 0 aromatic carbocycles. The van der Waals surface area contributed by atoms with E-state index in [9.17, 15) is 0 Å². The Hall–Kier alpha value is -1.17. The van der Waals surface area contributed by atoms with Gasteiger partial charge in [0.2, 0.25) is 0 Å². The maximum Gasteiger partial charge on any atom is 0.0933 e. The Bertz CT molecular complexity index is 359. The zero-order valence-corrected chi connectivity index (χ0v) is 10.1. The number of aliphatic hydroxyl groups excluding tert-OH is 1. The van der Waals surface area contributed by atoms with Gasteiger partial charge in [0.15, 0.2) is 0 Å². The molecule has 94 valence electrons. The highest BCUT2D eigenvalue weighted by Gasteiger charge is 2.19. The summed E-state index contributed by atoms with van der Waals surface area (Å²) >= 11 is 0. The summed E-state index contributed by atoms with van der Waals surface area (Å²) in [6, 6.07) is 3.99. The second-order valence-corrected chi connectivity index (χ2v) is 4.20. The van der Waals surface area contributed by atoms with Gasteiger partial charge in [0.05, 0.1) is 25.0 Å². The monoisotopic (exact) mass is 237 g/mol. The van der Waals surface area contributed by atoms with Crippen LogP contribution < -0.4 is 5.32 Å². The van der Waals surface area contributed by atoms with Crippen LogP contribution in [-0.4, -0.2) is 54.4 Å². The number of pyridine rings is 1. The van der Waals surface area contributed by atoms with Gasteiger partial charge >= 0.3 is 0 Å². The van der Waals surface area contributed by atoms with Gasteiger partial charge in [0.25, 0.3) is 0 Å². The number of hydrogen-bond acceptors (Lipinski definition) is 5. The molecular formula is C12H19N3O2. The van der Waals surface area contributed by atoms with Gasteiger partial charge in [-0.15, -0.1) is 0 Å². The molecule has 1 fully saturated rings. The van der Waals surface area contributed by atoms with E-state index >= 15 is 0 Å². The van der Waals surface area contributed by atoms with Crippen LogP contribution in [0.25, 0.3) is 0 Å². The van der Waals surface area contributed by atoms with Crippen molar-refractivity contribution < 1.29 is 9.84 Å². The summed E-state index contributed by atoms with van der Waals surface area (Å²) in [6.07, 6.45) is 1.75. The van der Waals surface area contributed by atoms with Crippen molar-refractivity contribution in [2.75, 3.05) is 38.7 Å². The zero-order chi connectivity index (χ0) is 12.1. The normalized spacial score (nSPS) is 21.4. The van der Waals surface area contributed by atoms with Gasteiger partial charge in [-0.1, -0.05) is 0 Å². The van der Waals surface area contributed by atoms with Gasteiger partial charge < -0.3 is 15.2 Å². The topological polar surface area (TPSA) is 57.6 Å². The molecule has 1 aliphatic heterocycles. The molecule has 0 radical (unpaired) electrons. The molecule has 0 amide bonds. The summed E-state index contributed by atoms with van der Waals surface area (Å²) in [4.78, 5) is 6.60. The summed E-state index contributed by atoms with van der Waals surface area (Å²) < 4.78 is 5.42. The van der Waals surface area contributed by atoms with E-state index in [1.165, 1.54) is 0 Å². The Morgan fingerprint density at radius 2 is 2.53 bits per heavy atom. The predicted molar refractivity (Wildman–Crippen MR) is 65.9 cm³/mol. The molecule has 5 nitrogen and oxygen atoms in total. The molecule has 0 aliphatic carbocycles. The van der Waals surface area contributed by atoms with Gasteiger partial charge in [-0.2, -0.15) is 0 Å². The summed E-state index contributed by atoms with van der Waals surface area (Å²) in [6.45, 7) is 3.22. The smallest absolute Gasteiger partial charge is 0.0933 e. The van der Waals surface area contributed by atoms with Crippen LogP contribution in [0.5, 0.6) is 0 Å². The molecular weight excluding hydrogens is 218 g/mol. The lowest BCUT2D eigenvalue weighted by atomic mass is 10.2. The average Bonchev–Trinajstić information content (AvgIpc) is 2.39. The third-order valence-corrected chi connectivity index (χ3v) is 2.92. The second kappa shape index (κ2) is 5.95. The Labute approximate surface area is 101 Å².